The fourth-order valence-electron chi connectivity index (χ4n) is 2.13. The molecule has 0 aromatic carbocycles. The number of nitrogens with two attached hydrogens (primary N) is 2. The SMILES string of the molecule is CC1CCN(c2ncc(N)cc2C(N)=O)CC1. The third-order valence-corrected chi connectivity index (χ3v) is 3.24. The van der Waals surface area contributed by atoms with E-state index < -0.39 is 5.91 Å². The number of carbonyl (C=O) groups excluding carboxylic acids is 1. The van der Waals surface area contributed by atoms with Gasteiger partial charge in [0, 0.05) is 13.1 Å². The van der Waals surface area contributed by atoms with Crippen LogP contribution in [0.2, 0.25) is 0 Å². The number of carbonyl (C=O) groups is 1. The van der Waals surface area contributed by atoms with Gasteiger partial charge in [-0.05, 0) is 24.8 Å². The van der Waals surface area contributed by atoms with E-state index in [1.54, 1.807) is 12.3 Å². The molecule has 5 nitrogen and oxygen atoms in total. The molecule has 1 fully saturated rings. The molecule has 0 unspecified atom stereocenters. The summed E-state index contributed by atoms with van der Waals surface area (Å²) in [5.74, 6) is 0.925. The minimum absolute atomic E-state index is 0.416. The van der Waals surface area contributed by atoms with Crippen molar-refractivity contribution in [1.29, 1.82) is 0 Å². The van der Waals surface area contributed by atoms with Gasteiger partial charge in [-0.15, -0.1) is 0 Å². The molecule has 0 atom stereocenters. The average Bonchev–Trinajstić information content (AvgIpc) is 2.30. The summed E-state index contributed by atoms with van der Waals surface area (Å²) >= 11 is 0. The van der Waals surface area contributed by atoms with Crippen LogP contribution in [0.4, 0.5) is 11.5 Å². The number of aromatic nitrogens is 1. The van der Waals surface area contributed by atoms with E-state index in [0.29, 0.717) is 17.1 Å². The molecule has 5 heteroatoms. The zero-order valence-electron chi connectivity index (χ0n) is 10.0. The predicted molar refractivity (Wildman–Crippen MR) is 67.8 cm³/mol. The summed E-state index contributed by atoms with van der Waals surface area (Å²) in [6.07, 6.45) is 3.80. The first-order valence-electron chi connectivity index (χ1n) is 5.88. The Balaban J connectivity index is 2.28. The Hall–Kier alpha value is -1.78. The number of nitrogens with zero attached hydrogens (tertiary/aromatic N) is 2. The number of pyridine rings is 1. The van der Waals surface area contributed by atoms with Gasteiger partial charge in [-0.2, -0.15) is 0 Å². The highest BCUT2D eigenvalue weighted by atomic mass is 16.1. The van der Waals surface area contributed by atoms with Crippen LogP contribution in [0.3, 0.4) is 0 Å². The number of nitrogen functional groups attached to an aromatic ring is 1. The first-order chi connectivity index (χ1) is 8.08. The van der Waals surface area contributed by atoms with E-state index in [2.05, 4.69) is 16.8 Å². The standard InChI is InChI=1S/C12H18N4O/c1-8-2-4-16(5-3-8)12-10(11(14)17)6-9(13)7-15-12/h6-8H,2-5,13H2,1H3,(H2,14,17). The Morgan fingerprint density at radius 2 is 2.12 bits per heavy atom. The fraction of sp³-hybridized carbons (Fsp3) is 0.500. The maximum absolute atomic E-state index is 11.4. The van der Waals surface area contributed by atoms with Crippen LogP contribution in [0.5, 0.6) is 0 Å². The fourth-order valence-corrected chi connectivity index (χ4v) is 2.13. The summed E-state index contributed by atoms with van der Waals surface area (Å²) in [5, 5.41) is 0. The molecule has 1 amide bonds. The third kappa shape index (κ3) is 2.49. The maximum atomic E-state index is 11.4. The number of anilines is 2. The van der Waals surface area contributed by atoms with Crippen molar-refractivity contribution < 1.29 is 4.79 Å². The van der Waals surface area contributed by atoms with Crippen molar-refractivity contribution in [2.24, 2.45) is 11.7 Å². The van der Waals surface area contributed by atoms with Crippen molar-refractivity contribution >= 4 is 17.4 Å². The Morgan fingerprint density at radius 1 is 1.47 bits per heavy atom. The van der Waals surface area contributed by atoms with E-state index in [-0.39, 0.29) is 0 Å². The van der Waals surface area contributed by atoms with Crippen LogP contribution in [0.15, 0.2) is 12.3 Å². The van der Waals surface area contributed by atoms with E-state index in [4.69, 9.17) is 11.5 Å². The molecule has 0 aliphatic carbocycles. The zero-order chi connectivity index (χ0) is 12.4. The van der Waals surface area contributed by atoms with Crippen molar-refractivity contribution in [3.05, 3.63) is 17.8 Å². The molecule has 1 aliphatic heterocycles. The number of rotatable bonds is 2. The van der Waals surface area contributed by atoms with Crippen LogP contribution in [-0.2, 0) is 0 Å². The van der Waals surface area contributed by atoms with Gasteiger partial charge in [-0.25, -0.2) is 4.98 Å². The van der Waals surface area contributed by atoms with Gasteiger partial charge in [0.1, 0.15) is 5.82 Å². The lowest BCUT2D eigenvalue weighted by Crippen LogP contribution is -2.35. The molecule has 1 aromatic heterocycles. The lowest BCUT2D eigenvalue weighted by atomic mass is 9.99. The van der Waals surface area contributed by atoms with Gasteiger partial charge in [-0.1, -0.05) is 6.92 Å². The molecule has 1 aromatic rings. The normalized spacial score (nSPS) is 17.1. The van der Waals surface area contributed by atoms with Crippen LogP contribution >= 0.6 is 0 Å². The van der Waals surface area contributed by atoms with Crippen molar-refractivity contribution in [3.8, 4) is 0 Å². The summed E-state index contributed by atoms with van der Waals surface area (Å²) in [6.45, 7) is 4.07. The first-order valence-corrected chi connectivity index (χ1v) is 5.88. The highest BCUT2D eigenvalue weighted by Crippen LogP contribution is 2.25. The molecule has 1 saturated heterocycles. The summed E-state index contributed by atoms with van der Waals surface area (Å²) in [5.41, 5.74) is 11.9. The van der Waals surface area contributed by atoms with Gasteiger partial charge in [0.2, 0.25) is 0 Å². The van der Waals surface area contributed by atoms with Gasteiger partial charge < -0.3 is 16.4 Å². The lowest BCUT2D eigenvalue weighted by molar-refractivity contribution is 0.100. The van der Waals surface area contributed by atoms with Crippen LogP contribution in [0, 0.1) is 5.92 Å². The first kappa shape index (κ1) is 11.7. The Bertz CT molecular complexity index is 425. The van der Waals surface area contributed by atoms with Crippen LogP contribution in [0.25, 0.3) is 0 Å². The quantitative estimate of drug-likeness (QED) is 0.799. The minimum atomic E-state index is -0.474. The van der Waals surface area contributed by atoms with E-state index in [1.165, 1.54) is 0 Å². The van der Waals surface area contributed by atoms with E-state index in [0.717, 1.165) is 31.8 Å². The second-order valence-electron chi connectivity index (χ2n) is 4.67. The Labute approximate surface area is 101 Å². The highest BCUT2D eigenvalue weighted by Gasteiger charge is 2.21. The van der Waals surface area contributed by atoms with Crippen LogP contribution in [0.1, 0.15) is 30.1 Å². The molecular formula is C12H18N4O. The number of piperidine rings is 1. The molecular weight excluding hydrogens is 216 g/mol. The lowest BCUT2D eigenvalue weighted by Gasteiger charge is -2.32. The number of primary amides is 1. The second kappa shape index (κ2) is 4.61. The maximum Gasteiger partial charge on any atom is 0.252 e. The Morgan fingerprint density at radius 3 is 2.71 bits per heavy atom. The third-order valence-electron chi connectivity index (χ3n) is 3.24. The molecule has 92 valence electrons. The minimum Gasteiger partial charge on any atom is -0.397 e. The van der Waals surface area contributed by atoms with E-state index in [1.807, 2.05) is 0 Å². The molecule has 2 heterocycles. The van der Waals surface area contributed by atoms with Gasteiger partial charge in [0.15, 0.2) is 0 Å². The molecule has 1 aliphatic rings. The van der Waals surface area contributed by atoms with E-state index >= 15 is 0 Å². The molecule has 2 rings (SSSR count). The summed E-state index contributed by atoms with van der Waals surface area (Å²) in [4.78, 5) is 17.7. The molecule has 0 radical (unpaired) electrons. The average molecular weight is 234 g/mol. The molecule has 0 spiro atoms. The number of hydrogen-bond donors (Lipinski definition) is 2. The van der Waals surface area contributed by atoms with Crippen LogP contribution in [-0.4, -0.2) is 24.0 Å². The molecule has 0 bridgehead atoms. The van der Waals surface area contributed by atoms with Gasteiger partial charge >= 0.3 is 0 Å². The van der Waals surface area contributed by atoms with Gasteiger partial charge in [0.05, 0.1) is 17.4 Å². The topological polar surface area (TPSA) is 85.2 Å². The summed E-state index contributed by atoms with van der Waals surface area (Å²) < 4.78 is 0. The zero-order valence-corrected chi connectivity index (χ0v) is 10.0. The van der Waals surface area contributed by atoms with Crippen LogP contribution < -0.4 is 16.4 Å². The summed E-state index contributed by atoms with van der Waals surface area (Å²) in [6, 6.07) is 1.60. The smallest absolute Gasteiger partial charge is 0.252 e. The summed E-state index contributed by atoms with van der Waals surface area (Å²) in [7, 11) is 0. The Kier molecular flexibility index (Phi) is 3.17. The van der Waals surface area contributed by atoms with Crippen molar-refractivity contribution in [1.82, 2.24) is 4.98 Å². The monoisotopic (exact) mass is 234 g/mol. The second-order valence-corrected chi connectivity index (χ2v) is 4.67. The highest BCUT2D eigenvalue weighted by molar-refractivity contribution is 5.98. The van der Waals surface area contributed by atoms with Crippen molar-refractivity contribution in [3.63, 3.8) is 0 Å². The number of amides is 1. The van der Waals surface area contributed by atoms with Gasteiger partial charge in [-0.3, -0.25) is 4.79 Å². The number of hydrogen-bond acceptors (Lipinski definition) is 4. The molecule has 4 N–H and O–H groups in total. The van der Waals surface area contributed by atoms with Crippen molar-refractivity contribution in [2.45, 2.75) is 19.8 Å². The van der Waals surface area contributed by atoms with Gasteiger partial charge in [0.25, 0.3) is 5.91 Å². The predicted octanol–water partition coefficient (Wildman–Crippen LogP) is 0.999. The molecule has 0 saturated carbocycles. The largest absolute Gasteiger partial charge is 0.397 e. The van der Waals surface area contributed by atoms with Crippen molar-refractivity contribution in [2.75, 3.05) is 23.7 Å². The molecule has 17 heavy (non-hydrogen) atoms. The van der Waals surface area contributed by atoms with E-state index in [9.17, 15) is 4.79 Å².